The molecule has 1 aliphatic carbocycles. The van der Waals surface area contributed by atoms with Crippen LogP contribution in [-0.2, 0) is 13.0 Å². The summed E-state index contributed by atoms with van der Waals surface area (Å²) in [4.78, 5) is 0. The van der Waals surface area contributed by atoms with Gasteiger partial charge in [0.15, 0.2) is 0 Å². The zero-order chi connectivity index (χ0) is 11.5. The fraction of sp³-hybridized carbons (Fsp3) is 0.600. The molecule has 1 nitrogen and oxygen atoms in total. The summed E-state index contributed by atoms with van der Waals surface area (Å²) in [6.07, 6.45) is 3.93. The summed E-state index contributed by atoms with van der Waals surface area (Å²) in [6, 6.07) is 7.67. The lowest BCUT2D eigenvalue weighted by Crippen LogP contribution is -2.17. The van der Waals surface area contributed by atoms with Crippen LogP contribution in [0.3, 0.4) is 0 Å². The molecule has 1 fully saturated rings. The highest BCUT2D eigenvalue weighted by Gasteiger charge is 2.20. The van der Waals surface area contributed by atoms with Crippen molar-refractivity contribution in [1.29, 1.82) is 0 Å². The van der Waals surface area contributed by atoms with E-state index >= 15 is 0 Å². The Kier molecular flexibility index (Phi) is 3.65. The van der Waals surface area contributed by atoms with E-state index in [0.717, 1.165) is 18.5 Å². The first-order valence-electron chi connectivity index (χ1n) is 6.47. The third-order valence-corrected chi connectivity index (χ3v) is 3.15. The number of nitrogens with one attached hydrogen (secondary N) is 1. The van der Waals surface area contributed by atoms with Crippen LogP contribution in [0.25, 0.3) is 0 Å². The van der Waals surface area contributed by atoms with Crippen LogP contribution in [0.4, 0.5) is 0 Å². The summed E-state index contributed by atoms with van der Waals surface area (Å²) in [7, 11) is 0. The van der Waals surface area contributed by atoms with Crippen molar-refractivity contribution in [1.82, 2.24) is 5.32 Å². The van der Waals surface area contributed by atoms with Crippen molar-refractivity contribution in [3.63, 3.8) is 0 Å². The van der Waals surface area contributed by atoms with Gasteiger partial charge in [-0.3, -0.25) is 0 Å². The smallest absolute Gasteiger partial charge is 0.0210 e. The Morgan fingerprint density at radius 1 is 1.25 bits per heavy atom. The third-order valence-electron chi connectivity index (χ3n) is 3.15. The predicted molar refractivity (Wildman–Crippen MR) is 69.6 cm³/mol. The molecule has 1 saturated carbocycles. The Balaban J connectivity index is 2.06. The van der Waals surface area contributed by atoms with Crippen LogP contribution in [0.1, 0.15) is 43.4 Å². The Labute approximate surface area is 99.3 Å². The molecule has 0 saturated heterocycles. The van der Waals surface area contributed by atoms with E-state index in [-0.39, 0.29) is 0 Å². The lowest BCUT2D eigenvalue weighted by atomic mass is 9.96. The van der Waals surface area contributed by atoms with Crippen LogP contribution >= 0.6 is 0 Å². The lowest BCUT2D eigenvalue weighted by molar-refractivity contribution is 0.629. The molecule has 0 atom stereocenters. The molecule has 1 heteroatoms. The van der Waals surface area contributed by atoms with E-state index in [0.29, 0.717) is 0 Å². The van der Waals surface area contributed by atoms with Gasteiger partial charge >= 0.3 is 0 Å². The monoisotopic (exact) mass is 217 g/mol. The summed E-state index contributed by atoms with van der Waals surface area (Å²) in [6.45, 7) is 7.82. The first-order valence-corrected chi connectivity index (χ1v) is 6.47. The average Bonchev–Trinajstić information content (AvgIpc) is 2.99. The van der Waals surface area contributed by atoms with Gasteiger partial charge in [0.2, 0.25) is 0 Å². The molecule has 0 aromatic heterocycles. The Morgan fingerprint density at radius 2 is 2.00 bits per heavy atom. The second-order valence-corrected chi connectivity index (χ2v) is 5.53. The van der Waals surface area contributed by atoms with Gasteiger partial charge in [0.05, 0.1) is 0 Å². The quantitative estimate of drug-likeness (QED) is 0.796. The van der Waals surface area contributed by atoms with E-state index in [9.17, 15) is 0 Å². The van der Waals surface area contributed by atoms with E-state index in [2.05, 4.69) is 44.3 Å². The average molecular weight is 217 g/mol. The van der Waals surface area contributed by atoms with Gasteiger partial charge in [0.1, 0.15) is 0 Å². The van der Waals surface area contributed by atoms with Crippen molar-refractivity contribution in [2.45, 2.75) is 52.6 Å². The molecule has 1 N–H and O–H groups in total. The van der Waals surface area contributed by atoms with Gasteiger partial charge in [0, 0.05) is 12.6 Å². The SMILES string of the molecule is Cc1ccc(CNC2CC2)c(CC(C)C)c1. The molecule has 1 aromatic rings. The number of hydrogen-bond donors (Lipinski definition) is 1. The number of hydrogen-bond acceptors (Lipinski definition) is 1. The molecule has 0 spiro atoms. The van der Waals surface area contributed by atoms with Crippen molar-refractivity contribution in [3.05, 3.63) is 34.9 Å². The highest BCUT2D eigenvalue weighted by atomic mass is 14.9. The highest BCUT2D eigenvalue weighted by Crippen LogP contribution is 2.21. The number of benzene rings is 1. The van der Waals surface area contributed by atoms with Gasteiger partial charge in [-0.15, -0.1) is 0 Å². The van der Waals surface area contributed by atoms with Crippen molar-refractivity contribution < 1.29 is 0 Å². The maximum atomic E-state index is 3.61. The van der Waals surface area contributed by atoms with Crippen LogP contribution in [0.15, 0.2) is 18.2 Å². The number of rotatable bonds is 5. The van der Waals surface area contributed by atoms with Gasteiger partial charge < -0.3 is 5.32 Å². The highest BCUT2D eigenvalue weighted by molar-refractivity contribution is 5.32. The van der Waals surface area contributed by atoms with Gasteiger partial charge in [-0.05, 0) is 43.2 Å². The first-order chi connectivity index (χ1) is 7.65. The van der Waals surface area contributed by atoms with Crippen LogP contribution in [0.5, 0.6) is 0 Å². The Hall–Kier alpha value is -0.820. The molecule has 0 radical (unpaired) electrons. The summed E-state index contributed by atoms with van der Waals surface area (Å²) >= 11 is 0. The van der Waals surface area contributed by atoms with Gasteiger partial charge in [0.25, 0.3) is 0 Å². The van der Waals surface area contributed by atoms with E-state index in [4.69, 9.17) is 0 Å². The molecular formula is C15H23N. The third kappa shape index (κ3) is 3.34. The molecular weight excluding hydrogens is 194 g/mol. The summed E-state index contributed by atoms with van der Waals surface area (Å²) in [5.74, 6) is 0.737. The van der Waals surface area contributed by atoms with Crippen molar-refractivity contribution in [3.8, 4) is 0 Å². The fourth-order valence-electron chi connectivity index (χ4n) is 2.10. The maximum Gasteiger partial charge on any atom is 0.0210 e. The molecule has 2 rings (SSSR count). The van der Waals surface area contributed by atoms with Gasteiger partial charge in [-0.2, -0.15) is 0 Å². The molecule has 1 aromatic carbocycles. The molecule has 0 amide bonds. The van der Waals surface area contributed by atoms with E-state index in [1.54, 1.807) is 0 Å². The minimum absolute atomic E-state index is 0.737. The fourth-order valence-corrected chi connectivity index (χ4v) is 2.10. The molecule has 0 unspecified atom stereocenters. The van der Waals surface area contributed by atoms with E-state index < -0.39 is 0 Å². The Morgan fingerprint density at radius 3 is 2.62 bits per heavy atom. The van der Waals surface area contributed by atoms with Crippen LogP contribution in [0, 0.1) is 12.8 Å². The molecule has 0 heterocycles. The molecule has 0 aliphatic heterocycles. The van der Waals surface area contributed by atoms with Crippen molar-refractivity contribution in [2.75, 3.05) is 0 Å². The topological polar surface area (TPSA) is 12.0 Å². The second-order valence-electron chi connectivity index (χ2n) is 5.53. The molecule has 1 aliphatic rings. The number of aryl methyl sites for hydroxylation is 1. The van der Waals surface area contributed by atoms with Gasteiger partial charge in [-0.1, -0.05) is 37.6 Å². The zero-order valence-corrected chi connectivity index (χ0v) is 10.7. The first kappa shape index (κ1) is 11.7. The second kappa shape index (κ2) is 5.01. The largest absolute Gasteiger partial charge is 0.310 e. The summed E-state index contributed by atoms with van der Waals surface area (Å²) in [5, 5.41) is 3.61. The van der Waals surface area contributed by atoms with Crippen molar-refractivity contribution in [2.24, 2.45) is 5.92 Å². The van der Waals surface area contributed by atoms with Crippen LogP contribution in [0.2, 0.25) is 0 Å². The normalized spacial score (nSPS) is 15.8. The molecule has 0 bridgehead atoms. The minimum Gasteiger partial charge on any atom is -0.310 e. The van der Waals surface area contributed by atoms with Crippen molar-refractivity contribution >= 4 is 0 Å². The van der Waals surface area contributed by atoms with Crippen LogP contribution in [-0.4, -0.2) is 6.04 Å². The van der Waals surface area contributed by atoms with E-state index in [1.807, 2.05) is 0 Å². The van der Waals surface area contributed by atoms with Crippen LogP contribution < -0.4 is 5.32 Å². The molecule has 16 heavy (non-hydrogen) atoms. The van der Waals surface area contributed by atoms with Gasteiger partial charge in [-0.25, -0.2) is 0 Å². The summed E-state index contributed by atoms with van der Waals surface area (Å²) < 4.78 is 0. The minimum atomic E-state index is 0.737. The zero-order valence-electron chi connectivity index (χ0n) is 10.7. The lowest BCUT2D eigenvalue weighted by Gasteiger charge is -2.13. The maximum absolute atomic E-state index is 3.61. The predicted octanol–water partition coefficient (Wildman–Crippen LogP) is 3.45. The molecule has 88 valence electrons. The summed E-state index contributed by atoms with van der Waals surface area (Å²) in [5.41, 5.74) is 4.40. The van der Waals surface area contributed by atoms with E-state index in [1.165, 1.54) is 36.0 Å². The standard InChI is InChI=1S/C15H23N/c1-11(2)8-14-9-12(3)4-5-13(14)10-16-15-6-7-15/h4-5,9,11,15-16H,6-8,10H2,1-3H3. The Bertz CT molecular complexity index is 350.